The molecule has 0 amide bonds. The van der Waals surface area contributed by atoms with E-state index in [4.69, 9.17) is 0 Å². The van der Waals surface area contributed by atoms with Crippen LogP contribution < -0.4 is 4.57 Å². The number of thioether (sulfide) groups is 1. The first kappa shape index (κ1) is 32.8. The molecule has 0 radical (unpaired) electrons. The van der Waals surface area contributed by atoms with Crippen molar-refractivity contribution in [2.45, 2.75) is 120 Å². The molecule has 0 atom stereocenters. The van der Waals surface area contributed by atoms with Crippen molar-refractivity contribution < 1.29 is 17.5 Å². The third kappa shape index (κ3) is 12.6. The molecule has 0 saturated carbocycles. The maximum atomic E-state index is 10.4. The van der Waals surface area contributed by atoms with Crippen molar-refractivity contribution in [1.82, 2.24) is 0 Å². The number of unbranched alkanes of at least 4 members (excludes halogenated alkanes) is 13. The Labute approximate surface area is 240 Å². The topological polar surface area (TPSA) is 61.1 Å². The fourth-order valence-corrected chi connectivity index (χ4v) is 6.95. The maximum Gasteiger partial charge on any atom is 0.298 e. The number of hydrogen-bond donors (Lipinski definition) is 0. The van der Waals surface area contributed by atoms with E-state index in [1.165, 1.54) is 123 Å². The molecule has 0 saturated heterocycles. The van der Waals surface area contributed by atoms with E-state index in [1.807, 2.05) is 30.0 Å². The zero-order valence-corrected chi connectivity index (χ0v) is 26.1. The Morgan fingerprint density at radius 1 is 0.763 bits per heavy atom. The van der Waals surface area contributed by atoms with E-state index < -0.39 is 10.1 Å². The molecule has 38 heavy (non-hydrogen) atoms. The van der Waals surface area contributed by atoms with Gasteiger partial charge >= 0.3 is 0 Å². The minimum atomic E-state index is -4.27. The molecule has 2 aromatic carbocycles. The number of para-hydroxylation sites is 1. The fourth-order valence-electron chi connectivity index (χ4n) is 4.55. The second-order valence-corrected chi connectivity index (χ2v) is 13.5. The first-order valence-corrected chi connectivity index (χ1v) is 17.8. The molecule has 0 aliphatic heterocycles. The Kier molecular flexibility index (Phi) is 16.2. The normalized spacial score (nSPS) is 11.5. The molecule has 0 N–H and O–H groups in total. The fraction of sp³-hybridized carbons (Fsp3) is 0.581. The summed E-state index contributed by atoms with van der Waals surface area (Å²) in [4.78, 5) is -0.178. The van der Waals surface area contributed by atoms with Gasteiger partial charge in [0.1, 0.15) is 14.8 Å². The highest BCUT2D eigenvalue weighted by molar-refractivity contribution is 8.00. The van der Waals surface area contributed by atoms with E-state index in [0.717, 1.165) is 5.56 Å². The van der Waals surface area contributed by atoms with Gasteiger partial charge in [0.25, 0.3) is 4.34 Å². The van der Waals surface area contributed by atoms with Gasteiger partial charge in [-0.1, -0.05) is 125 Å². The van der Waals surface area contributed by atoms with Gasteiger partial charge in [0, 0.05) is 12.5 Å². The first-order chi connectivity index (χ1) is 18.4. The SMILES string of the molecule is CCCCCCCCCCCCCCCC[n+]1c(SC)sc2ccccc21.Cc1ccc(S(=O)(=O)[O-])cc1. The van der Waals surface area contributed by atoms with Crippen molar-refractivity contribution in [1.29, 1.82) is 0 Å². The van der Waals surface area contributed by atoms with E-state index in [0.29, 0.717) is 0 Å². The molecule has 0 fully saturated rings. The van der Waals surface area contributed by atoms with Gasteiger partial charge in [-0.25, -0.2) is 8.42 Å². The zero-order chi connectivity index (χ0) is 27.6. The molecule has 0 bridgehead atoms. The van der Waals surface area contributed by atoms with E-state index in [-0.39, 0.29) is 4.90 Å². The van der Waals surface area contributed by atoms with E-state index in [2.05, 4.69) is 42.0 Å². The van der Waals surface area contributed by atoms with Gasteiger partial charge in [-0.05, 0) is 49.6 Å². The van der Waals surface area contributed by atoms with Crippen LogP contribution in [0.2, 0.25) is 0 Å². The smallest absolute Gasteiger partial charge is 0.298 e. The predicted octanol–water partition coefficient (Wildman–Crippen LogP) is 9.29. The summed E-state index contributed by atoms with van der Waals surface area (Å²) < 4.78 is 36.6. The summed E-state index contributed by atoms with van der Waals surface area (Å²) in [7, 11) is -4.27. The molecule has 212 valence electrons. The van der Waals surface area contributed by atoms with Crippen LogP contribution in [0.1, 0.15) is 102 Å². The van der Waals surface area contributed by atoms with E-state index in [1.54, 1.807) is 12.1 Å². The van der Waals surface area contributed by atoms with Gasteiger partial charge in [-0.15, -0.1) is 0 Å². The predicted molar refractivity (Wildman–Crippen MR) is 163 cm³/mol. The van der Waals surface area contributed by atoms with Crippen LogP contribution in [-0.2, 0) is 16.7 Å². The monoisotopic (exact) mass is 577 g/mol. The summed E-state index contributed by atoms with van der Waals surface area (Å²) in [5.41, 5.74) is 2.35. The van der Waals surface area contributed by atoms with Crippen LogP contribution in [0.5, 0.6) is 0 Å². The largest absolute Gasteiger partial charge is 0.744 e. The van der Waals surface area contributed by atoms with Gasteiger partial charge in [0.2, 0.25) is 5.52 Å². The number of hydrogen-bond acceptors (Lipinski definition) is 5. The first-order valence-electron chi connectivity index (χ1n) is 14.3. The molecular formula is C31H47NO3S3. The summed E-state index contributed by atoms with van der Waals surface area (Å²) in [5, 5.41) is 0. The van der Waals surface area contributed by atoms with Crippen molar-refractivity contribution in [3.63, 3.8) is 0 Å². The summed E-state index contributed by atoms with van der Waals surface area (Å²) in [6, 6.07) is 14.6. The lowest BCUT2D eigenvalue weighted by Crippen LogP contribution is -2.34. The molecule has 0 spiro atoms. The zero-order valence-electron chi connectivity index (χ0n) is 23.6. The highest BCUT2D eigenvalue weighted by atomic mass is 32.2. The van der Waals surface area contributed by atoms with Crippen LogP contribution in [-0.4, -0.2) is 19.2 Å². The highest BCUT2D eigenvalue weighted by Gasteiger charge is 2.18. The molecule has 1 heterocycles. The third-order valence-electron chi connectivity index (χ3n) is 6.79. The minimum absolute atomic E-state index is 0.178. The minimum Gasteiger partial charge on any atom is -0.744 e. The summed E-state index contributed by atoms with van der Waals surface area (Å²) in [6.45, 7) is 5.30. The van der Waals surface area contributed by atoms with E-state index >= 15 is 0 Å². The summed E-state index contributed by atoms with van der Waals surface area (Å²) in [6.07, 6.45) is 22.2. The van der Waals surface area contributed by atoms with Crippen molar-refractivity contribution in [3.8, 4) is 0 Å². The van der Waals surface area contributed by atoms with E-state index in [9.17, 15) is 13.0 Å². The van der Waals surface area contributed by atoms with Gasteiger partial charge < -0.3 is 4.55 Å². The number of aryl methyl sites for hydroxylation is 2. The molecule has 3 aromatic rings. The number of aromatic nitrogens is 1. The van der Waals surface area contributed by atoms with Crippen LogP contribution in [0.4, 0.5) is 0 Å². The Bertz CT molecular complexity index is 1140. The van der Waals surface area contributed by atoms with Crippen LogP contribution in [0, 0.1) is 6.92 Å². The molecular weight excluding hydrogens is 531 g/mol. The molecule has 1 aromatic heterocycles. The Hall–Kier alpha value is -1.41. The average Bonchev–Trinajstić information content (AvgIpc) is 3.26. The second kappa shape index (κ2) is 18.8. The molecule has 0 aliphatic rings. The summed E-state index contributed by atoms with van der Waals surface area (Å²) >= 11 is 3.83. The van der Waals surface area contributed by atoms with Crippen molar-refractivity contribution in [2.75, 3.05) is 6.26 Å². The molecule has 3 rings (SSSR count). The van der Waals surface area contributed by atoms with Crippen molar-refractivity contribution in [2.24, 2.45) is 0 Å². The van der Waals surface area contributed by atoms with Gasteiger partial charge in [-0.2, -0.15) is 4.57 Å². The van der Waals surface area contributed by atoms with Crippen molar-refractivity contribution >= 4 is 43.4 Å². The van der Waals surface area contributed by atoms with Crippen LogP contribution in [0.15, 0.2) is 57.8 Å². The number of rotatable bonds is 17. The number of thiazole rings is 1. The van der Waals surface area contributed by atoms with Crippen LogP contribution in [0.25, 0.3) is 10.2 Å². The maximum absolute atomic E-state index is 10.4. The summed E-state index contributed by atoms with van der Waals surface area (Å²) in [5.74, 6) is 0. The lowest BCUT2D eigenvalue weighted by Gasteiger charge is -2.05. The molecule has 4 nitrogen and oxygen atoms in total. The standard InChI is InChI=1S/C24H40NS2.C7H8O3S/c1-3-4-5-6-7-8-9-10-11-12-13-14-15-18-21-25-22-19-16-17-20-23(22)27-24(25)26-2;1-6-2-4-7(5-3-6)11(8,9)10/h16-17,19-20H,3-15,18,21H2,1-2H3;2-5H,1H3,(H,8,9,10)/q+1;/p-1. The van der Waals surface area contributed by atoms with Crippen LogP contribution >= 0.6 is 23.1 Å². The van der Waals surface area contributed by atoms with Gasteiger partial charge in [0.05, 0.1) is 4.90 Å². The number of fused-ring (bicyclic) bond motifs is 1. The molecule has 7 heteroatoms. The van der Waals surface area contributed by atoms with Crippen molar-refractivity contribution in [3.05, 3.63) is 54.1 Å². The Balaban J connectivity index is 0.000000384. The highest BCUT2D eigenvalue weighted by Crippen LogP contribution is 2.26. The Morgan fingerprint density at radius 2 is 1.26 bits per heavy atom. The van der Waals surface area contributed by atoms with Gasteiger partial charge in [0.15, 0.2) is 6.54 Å². The van der Waals surface area contributed by atoms with Gasteiger partial charge in [-0.3, -0.25) is 0 Å². The number of nitrogens with zero attached hydrogens (tertiary/aromatic N) is 1. The van der Waals surface area contributed by atoms with Crippen LogP contribution in [0.3, 0.4) is 0 Å². The average molecular weight is 578 g/mol. The lowest BCUT2D eigenvalue weighted by atomic mass is 10.0. The molecule has 0 unspecified atom stereocenters. The molecule has 0 aliphatic carbocycles. The lowest BCUT2D eigenvalue weighted by molar-refractivity contribution is -0.702. The second-order valence-electron chi connectivity index (χ2n) is 10.1. The Morgan fingerprint density at radius 3 is 1.76 bits per heavy atom. The number of benzene rings is 2. The quantitative estimate of drug-likeness (QED) is 0.0694. The third-order valence-corrected chi connectivity index (χ3v) is 9.92.